The molecule has 1 aliphatic heterocycles. The lowest BCUT2D eigenvalue weighted by Gasteiger charge is -2.15. The standard InChI is InChI=1S/C26H21NO8/c1-32-20-10-5-17(6-11-20)25(28)21(13-16-3-8-19(9-4-16)27(30)31)24(26(29)33-2)18-7-12-22-23(14-18)35-15-34-22/h3-12,14H,13,15H2,1-2H3/b24-21-. The summed E-state index contributed by atoms with van der Waals surface area (Å²) in [4.78, 5) is 37.3. The highest BCUT2D eigenvalue weighted by molar-refractivity contribution is 6.27. The Morgan fingerprint density at radius 1 is 0.914 bits per heavy atom. The van der Waals surface area contributed by atoms with Gasteiger partial charge in [0.1, 0.15) is 5.75 Å². The van der Waals surface area contributed by atoms with Crippen LogP contribution in [0.3, 0.4) is 0 Å². The van der Waals surface area contributed by atoms with Crippen LogP contribution in [0.4, 0.5) is 5.69 Å². The van der Waals surface area contributed by atoms with E-state index in [4.69, 9.17) is 18.9 Å². The van der Waals surface area contributed by atoms with E-state index < -0.39 is 16.7 Å². The number of carbonyl (C=O) groups excluding carboxylic acids is 2. The van der Waals surface area contributed by atoms with Crippen molar-refractivity contribution in [3.05, 3.63) is 99.1 Å². The average Bonchev–Trinajstić information content (AvgIpc) is 3.36. The number of carbonyl (C=O) groups is 2. The SMILES string of the molecule is COC(=O)/C(=C(/Cc1ccc([N+](=O)[O-])cc1)C(=O)c1ccc(OC)cc1)c1ccc2c(c1)OCO2. The average molecular weight is 475 g/mol. The molecule has 1 heterocycles. The van der Waals surface area contributed by atoms with Gasteiger partial charge in [-0.25, -0.2) is 4.79 Å². The van der Waals surface area contributed by atoms with Crippen LogP contribution in [0.1, 0.15) is 21.5 Å². The fraction of sp³-hybridized carbons (Fsp3) is 0.154. The predicted octanol–water partition coefficient (Wildman–Crippen LogP) is 4.38. The number of hydrogen-bond acceptors (Lipinski definition) is 8. The number of Topliss-reactive ketones (excluding diaryl/α,β-unsaturated/α-hetero) is 1. The van der Waals surface area contributed by atoms with E-state index in [-0.39, 0.29) is 30.0 Å². The van der Waals surface area contributed by atoms with Gasteiger partial charge in [-0.3, -0.25) is 14.9 Å². The molecule has 35 heavy (non-hydrogen) atoms. The summed E-state index contributed by atoms with van der Waals surface area (Å²) in [5.41, 5.74) is 1.50. The van der Waals surface area contributed by atoms with Gasteiger partial charge >= 0.3 is 5.97 Å². The van der Waals surface area contributed by atoms with Crippen molar-refractivity contribution in [2.45, 2.75) is 6.42 Å². The second-order valence-electron chi connectivity index (χ2n) is 7.57. The van der Waals surface area contributed by atoms with E-state index in [1.807, 2.05) is 0 Å². The van der Waals surface area contributed by atoms with Crippen molar-refractivity contribution in [1.29, 1.82) is 0 Å². The maximum Gasteiger partial charge on any atom is 0.338 e. The van der Waals surface area contributed by atoms with Crippen LogP contribution in [0.5, 0.6) is 17.2 Å². The van der Waals surface area contributed by atoms with Crippen LogP contribution >= 0.6 is 0 Å². The van der Waals surface area contributed by atoms with Gasteiger partial charge in [0, 0.05) is 29.7 Å². The Hall–Kier alpha value is -4.66. The summed E-state index contributed by atoms with van der Waals surface area (Å²) in [5, 5.41) is 11.0. The molecule has 4 rings (SSSR count). The van der Waals surface area contributed by atoms with E-state index >= 15 is 0 Å². The van der Waals surface area contributed by atoms with Crippen molar-refractivity contribution in [3.8, 4) is 17.2 Å². The summed E-state index contributed by atoms with van der Waals surface area (Å²) in [6.45, 7) is 0.0521. The van der Waals surface area contributed by atoms with Crippen LogP contribution in [0.2, 0.25) is 0 Å². The number of nitro benzene ring substituents is 1. The number of ketones is 1. The van der Waals surface area contributed by atoms with Crippen LogP contribution in [0.25, 0.3) is 5.57 Å². The quantitative estimate of drug-likeness (QED) is 0.155. The molecule has 0 bridgehead atoms. The number of ether oxygens (including phenoxy) is 4. The third-order valence-electron chi connectivity index (χ3n) is 5.51. The molecule has 0 aromatic heterocycles. The van der Waals surface area contributed by atoms with E-state index in [9.17, 15) is 19.7 Å². The van der Waals surface area contributed by atoms with E-state index in [0.29, 0.717) is 33.9 Å². The molecule has 0 saturated heterocycles. The third-order valence-corrected chi connectivity index (χ3v) is 5.51. The number of non-ortho nitro benzene ring substituents is 1. The summed E-state index contributed by atoms with van der Waals surface area (Å²) in [6.07, 6.45) is 0.0295. The van der Waals surface area contributed by atoms with E-state index in [1.54, 1.807) is 54.6 Å². The summed E-state index contributed by atoms with van der Waals surface area (Å²) >= 11 is 0. The van der Waals surface area contributed by atoms with Gasteiger partial charge in [-0.2, -0.15) is 0 Å². The second kappa shape index (κ2) is 10.1. The van der Waals surface area contributed by atoms with Crippen molar-refractivity contribution in [2.24, 2.45) is 0 Å². The van der Waals surface area contributed by atoms with Crippen LogP contribution in [-0.4, -0.2) is 37.7 Å². The van der Waals surface area contributed by atoms with Crippen LogP contribution < -0.4 is 14.2 Å². The van der Waals surface area contributed by atoms with Crippen LogP contribution in [0, 0.1) is 10.1 Å². The monoisotopic (exact) mass is 475 g/mol. The Bertz CT molecular complexity index is 1310. The molecule has 9 heteroatoms. The minimum Gasteiger partial charge on any atom is -0.497 e. The molecule has 0 saturated carbocycles. The highest BCUT2D eigenvalue weighted by atomic mass is 16.7. The lowest BCUT2D eigenvalue weighted by molar-refractivity contribution is -0.384. The van der Waals surface area contributed by atoms with E-state index in [0.717, 1.165) is 0 Å². The molecule has 0 unspecified atom stereocenters. The van der Waals surface area contributed by atoms with Gasteiger partial charge < -0.3 is 18.9 Å². The van der Waals surface area contributed by atoms with Crippen LogP contribution in [0.15, 0.2) is 72.3 Å². The molecule has 9 nitrogen and oxygen atoms in total. The Labute approximate surface area is 200 Å². The van der Waals surface area contributed by atoms with Gasteiger partial charge in [-0.15, -0.1) is 0 Å². The van der Waals surface area contributed by atoms with Gasteiger partial charge in [0.05, 0.1) is 24.7 Å². The number of methoxy groups -OCH3 is 2. The molecule has 0 spiro atoms. The molecule has 0 amide bonds. The van der Waals surface area contributed by atoms with Crippen molar-refractivity contribution in [2.75, 3.05) is 21.0 Å². The summed E-state index contributed by atoms with van der Waals surface area (Å²) in [6, 6.07) is 17.2. The molecule has 0 atom stereocenters. The highest BCUT2D eigenvalue weighted by Crippen LogP contribution is 2.36. The molecule has 0 N–H and O–H groups in total. The van der Waals surface area contributed by atoms with Crippen molar-refractivity contribution in [1.82, 2.24) is 0 Å². The maximum atomic E-state index is 13.7. The van der Waals surface area contributed by atoms with Gasteiger partial charge in [0.15, 0.2) is 17.3 Å². The molecule has 3 aromatic rings. The molecule has 178 valence electrons. The number of benzene rings is 3. The first kappa shape index (κ1) is 23.5. The zero-order valence-corrected chi connectivity index (χ0v) is 19.0. The first-order valence-electron chi connectivity index (χ1n) is 10.5. The number of nitro groups is 1. The number of fused-ring (bicyclic) bond motifs is 1. The van der Waals surface area contributed by atoms with Crippen molar-refractivity contribution < 1.29 is 33.5 Å². The molecule has 0 fully saturated rings. The fourth-order valence-electron chi connectivity index (χ4n) is 3.71. The Morgan fingerprint density at radius 3 is 2.20 bits per heavy atom. The third kappa shape index (κ3) is 4.98. The number of hydrogen-bond donors (Lipinski definition) is 0. The Kier molecular flexibility index (Phi) is 6.77. The lowest BCUT2D eigenvalue weighted by Crippen LogP contribution is -2.15. The number of nitrogens with zero attached hydrogens (tertiary/aromatic N) is 1. The van der Waals surface area contributed by atoms with Gasteiger partial charge in [-0.05, 0) is 47.5 Å². The second-order valence-corrected chi connectivity index (χ2v) is 7.57. The van der Waals surface area contributed by atoms with Crippen molar-refractivity contribution in [3.63, 3.8) is 0 Å². The topological polar surface area (TPSA) is 114 Å². The Balaban J connectivity index is 1.87. The normalized spacial score (nSPS) is 12.5. The number of esters is 1. The smallest absolute Gasteiger partial charge is 0.338 e. The van der Waals surface area contributed by atoms with Gasteiger partial charge in [0.25, 0.3) is 5.69 Å². The maximum absolute atomic E-state index is 13.7. The zero-order chi connectivity index (χ0) is 24.9. The fourth-order valence-corrected chi connectivity index (χ4v) is 3.71. The first-order valence-corrected chi connectivity index (χ1v) is 10.5. The number of rotatable bonds is 8. The minimum atomic E-state index is -0.706. The molecular formula is C26H21NO8. The molecule has 1 aliphatic rings. The van der Waals surface area contributed by atoms with Gasteiger partial charge in [0.2, 0.25) is 6.79 Å². The van der Waals surface area contributed by atoms with E-state index in [2.05, 4.69) is 0 Å². The molecule has 0 aliphatic carbocycles. The molecule has 3 aromatic carbocycles. The van der Waals surface area contributed by atoms with Crippen LogP contribution in [-0.2, 0) is 16.0 Å². The number of allylic oxidation sites excluding steroid dienone is 1. The molecular weight excluding hydrogens is 454 g/mol. The zero-order valence-electron chi connectivity index (χ0n) is 19.0. The van der Waals surface area contributed by atoms with Gasteiger partial charge in [-0.1, -0.05) is 18.2 Å². The Morgan fingerprint density at radius 2 is 1.57 bits per heavy atom. The van der Waals surface area contributed by atoms with Crippen molar-refractivity contribution >= 4 is 23.0 Å². The lowest BCUT2D eigenvalue weighted by atomic mass is 9.89. The molecule has 0 radical (unpaired) electrons. The minimum absolute atomic E-state index is 0.0295. The summed E-state index contributed by atoms with van der Waals surface area (Å²) in [5.74, 6) is 0.435. The summed E-state index contributed by atoms with van der Waals surface area (Å²) in [7, 11) is 2.75. The largest absolute Gasteiger partial charge is 0.497 e. The predicted molar refractivity (Wildman–Crippen MR) is 126 cm³/mol. The summed E-state index contributed by atoms with van der Waals surface area (Å²) < 4.78 is 21.0. The van der Waals surface area contributed by atoms with E-state index in [1.165, 1.54) is 26.4 Å². The highest BCUT2D eigenvalue weighted by Gasteiger charge is 2.27. The first-order chi connectivity index (χ1) is 16.9.